The van der Waals surface area contributed by atoms with Crippen LogP contribution in [0.4, 0.5) is 5.69 Å². The van der Waals surface area contributed by atoms with E-state index in [0.717, 1.165) is 5.75 Å². The highest BCUT2D eigenvalue weighted by molar-refractivity contribution is 7.98. The summed E-state index contributed by atoms with van der Waals surface area (Å²) in [6.07, 6.45) is 1.95. The smallest absolute Gasteiger partial charge is 0.217 e. The average molecular weight is 304 g/mol. The summed E-state index contributed by atoms with van der Waals surface area (Å²) in [6.45, 7) is 0.654. The molecule has 0 fully saturated rings. The lowest BCUT2D eigenvalue weighted by Gasteiger charge is -2.16. The van der Waals surface area contributed by atoms with E-state index in [2.05, 4.69) is 0 Å². The number of benzene rings is 1. The van der Waals surface area contributed by atoms with Crippen molar-refractivity contribution in [2.24, 2.45) is 0 Å². The molecule has 0 spiro atoms. The van der Waals surface area contributed by atoms with Gasteiger partial charge in [0, 0.05) is 25.0 Å². The lowest BCUT2D eigenvalue weighted by Crippen LogP contribution is -2.33. The Morgan fingerprint density at radius 2 is 1.95 bits per heavy atom. The first-order valence-electron chi connectivity index (χ1n) is 5.87. The van der Waals surface area contributed by atoms with Gasteiger partial charge in [0.2, 0.25) is 10.0 Å². The van der Waals surface area contributed by atoms with Crippen molar-refractivity contribution >= 4 is 27.5 Å². The highest BCUT2D eigenvalue weighted by Gasteiger charge is 2.17. The quantitative estimate of drug-likeness (QED) is 0.732. The highest BCUT2D eigenvalue weighted by Crippen LogP contribution is 2.13. The zero-order valence-electron chi connectivity index (χ0n) is 11.2. The van der Waals surface area contributed by atoms with E-state index in [1.54, 1.807) is 43.1 Å². The van der Waals surface area contributed by atoms with Gasteiger partial charge in [-0.3, -0.25) is 0 Å². The first kappa shape index (κ1) is 16.1. The molecule has 0 amide bonds. The Balaban J connectivity index is 2.41. The van der Waals surface area contributed by atoms with Crippen LogP contribution >= 0.6 is 11.8 Å². The fraction of sp³-hybridized carbons (Fsp3) is 0.500. The molecule has 0 aliphatic rings. The fourth-order valence-electron chi connectivity index (χ4n) is 1.34. The molecule has 1 rings (SSSR count). The van der Waals surface area contributed by atoms with E-state index in [1.807, 2.05) is 6.26 Å². The molecular weight excluding hydrogens is 284 g/mol. The minimum Gasteiger partial charge on any atom is -0.492 e. The summed E-state index contributed by atoms with van der Waals surface area (Å²) in [4.78, 5) is 0. The van der Waals surface area contributed by atoms with Gasteiger partial charge in [-0.05, 0) is 30.5 Å². The van der Waals surface area contributed by atoms with Gasteiger partial charge in [0.15, 0.2) is 0 Å². The van der Waals surface area contributed by atoms with Crippen molar-refractivity contribution in [1.82, 2.24) is 4.31 Å². The van der Waals surface area contributed by atoms with Crippen LogP contribution in [0.5, 0.6) is 5.75 Å². The maximum Gasteiger partial charge on any atom is 0.217 e. The summed E-state index contributed by atoms with van der Waals surface area (Å²) in [5.74, 6) is 1.38. The number of thioether (sulfide) groups is 1. The van der Waals surface area contributed by atoms with Gasteiger partial charge in [-0.25, -0.2) is 12.7 Å². The zero-order valence-corrected chi connectivity index (χ0v) is 12.8. The van der Waals surface area contributed by atoms with Crippen LogP contribution in [0, 0.1) is 0 Å². The molecule has 0 atom stereocenters. The Labute approximate surface area is 119 Å². The molecule has 0 aromatic heterocycles. The monoisotopic (exact) mass is 304 g/mol. The molecule has 0 saturated heterocycles. The van der Waals surface area contributed by atoms with Crippen molar-refractivity contribution in [2.75, 3.05) is 43.7 Å². The van der Waals surface area contributed by atoms with Gasteiger partial charge in [0.05, 0.1) is 5.75 Å². The Morgan fingerprint density at radius 1 is 1.32 bits per heavy atom. The molecule has 19 heavy (non-hydrogen) atoms. The number of hydrogen-bond donors (Lipinski definition) is 1. The Bertz CT molecular complexity index is 474. The van der Waals surface area contributed by atoms with E-state index < -0.39 is 10.0 Å². The SMILES string of the molecule is CSCCN(C)S(=O)(=O)CCOc1ccc(N)cc1. The summed E-state index contributed by atoms with van der Waals surface area (Å²) in [5.41, 5.74) is 6.20. The van der Waals surface area contributed by atoms with Gasteiger partial charge < -0.3 is 10.5 Å². The summed E-state index contributed by atoms with van der Waals surface area (Å²) >= 11 is 1.62. The van der Waals surface area contributed by atoms with E-state index in [1.165, 1.54) is 4.31 Å². The molecule has 0 radical (unpaired) electrons. The standard InChI is InChI=1S/C12H20N2O3S2/c1-14(7-9-18-2)19(15,16)10-8-17-12-5-3-11(13)4-6-12/h3-6H,7-10,13H2,1-2H3. The van der Waals surface area contributed by atoms with Gasteiger partial charge in [0.1, 0.15) is 12.4 Å². The number of nitrogens with zero attached hydrogens (tertiary/aromatic N) is 1. The van der Waals surface area contributed by atoms with Crippen LogP contribution in [0.3, 0.4) is 0 Å². The van der Waals surface area contributed by atoms with Crippen LogP contribution in [0.1, 0.15) is 0 Å². The van der Waals surface area contributed by atoms with E-state index in [0.29, 0.717) is 18.0 Å². The lowest BCUT2D eigenvalue weighted by atomic mass is 10.3. The van der Waals surface area contributed by atoms with E-state index in [-0.39, 0.29) is 12.4 Å². The fourth-order valence-corrected chi connectivity index (χ4v) is 2.89. The van der Waals surface area contributed by atoms with E-state index in [4.69, 9.17) is 10.5 Å². The highest BCUT2D eigenvalue weighted by atomic mass is 32.2. The minimum absolute atomic E-state index is 0.0255. The number of anilines is 1. The van der Waals surface area contributed by atoms with Crippen molar-refractivity contribution < 1.29 is 13.2 Å². The van der Waals surface area contributed by atoms with Crippen LogP contribution in [-0.4, -0.2) is 50.7 Å². The van der Waals surface area contributed by atoms with Gasteiger partial charge in [-0.15, -0.1) is 0 Å². The predicted octanol–water partition coefficient (Wildman–Crippen LogP) is 1.27. The van der Waals surface area contributed by atoms with Crippen LogP contribution in [0.15, 0.2) is 24.3 Å². The van der Waals surface area contributed by atoms with E-state index in [9.17, 15) is 8.42 Å². The number of hydrogen-bond acceptors (Lipinski definition) is 5. The maximum atomic E-state index is 11.9. The minimum atomic E-state index is -3.24. The maximum absolute atomic E-state index is 11.9. The largest absolute Gasteiger partial charge is 0.492 e. The average Bonchev–Trinajstić information content (AvgIpc) is 2.38. The van der Waals surface area contributed by atoms with Crippen molar-refractivity contribution in [3.05, 3.63) is 24.3 Å². The summed E-state index contributed by atoms with van der Waals surface area (Å²) in [5, 5.41) is 0. The Hall–Kier alpha value is -0.920. The van der Waals surface area contributed by atoms with Gasteiger partial charge >= 0.3 is 0 Å². The second-order valence-corrected chi connectivity index (χ2v) is 7.23. The molecular formula is C12H20N2O3S2. The first-order valence-corrected chi connectivity index (χ1v) is 8.87. The molecule has 2 N–H and O–H groups in total. The summed E-state index contributed by atoms with van der Waals surface area (Å²) < 4.78 is 30.6. The van der Waals surface area contributed by atoms with Crippen molar-refractivity contribution in [1.29, 1.82) is 0 Å². The third-order valence-corrected chi connectivity index (χ3v) is 4.98. The van der Waals surface area contributed by atoms with Crippen LogP contribution in [0.25, 0.3) is 0 Å². The molecule has 0 heterocycles. The molecule has 0 saturated carbocycles. The second kappa shape index (κ2) is 7.62. The molecule has 0 aliphatic carbocycles. The topological polar surface area (TPSA) is 72.6 Å². The normalized spacial score (nSPS) is 11.7. The zero-order chi connectivity index (χ0) is 14.3. The molecule has 108 valence electrons. The molecule has 1 aromatic rings. The third-order valence-electron chi connectivity index (χ3n) is 2.58. The molecule has 0 aliphatic heterocycles. The molecule has 0 bridgehead atoms. The first-order chi connectivity index (χ1) is 8.95. The molecule has 0 unspecified atom stereocenters. The summed E-state index contributed by atoms with van der Waals surface area (Å²) in [6, 6.07) is 6.88. The second-order valence-electron chi connectivity index (χ2n) is 4.05. The van der Waals surface area contributed by atoms with Crippen LogP contribution in [0.2, 0.25) is 0 Å². The molecule has 1 aromatic carbocycles. The van der Waals surface area contributed by atoms with Crippen molar-refractivity contribution in [3.8, 4) is 5.75 Å². The van der Waals surface area contributed by atoms with Crippen LogP contribution in [-0.2, 0) is 10.0 Å². The Kier molecular flexibility index (Phi) is 6.47. The number of ether oxygens (including phenoxy) is 1. The van der Waals surface area contributed by atoms with Gasteiger partial charge in [-0.2, -0.15) is 11.8 Å². The molecule has 7 heteroatoms. The number of nitrogens with two attached hydrogens (primary N) is 1. The predicted molar refractivity (Wildman–Crippen MR) is 81.1 cm³/mol. The summed E-state index contributed by atoms with van der Waals surface area (Å²) in [7, 11) is -1.65. The van der Waals surface area contributed by atoms with Crippen molar-refractivity contribution in [2.45, 2.75) is 0 Å². The van der Waals surface area contributed by atoms with E-state index >= 15 is 0 Å². The van der Waals surface area contributed by atoms with Gasteiger partial charge in [0.25, 0.3) is 0 Å². The van der Waals surface area contributed by atoms with Gasteiger partial charge in [-0.1, -0.05) is 0 Å². The van der Waals surface area contributed by atoms with Crippen LogP contribution < -0.4 is 10.5 Å². The Morgan fingerprint density at radius 3 is 2.53 bits per heavy atom. The number of sulfonamides is 1. The number of rotatable bonds is 8. The number of nitrogen functional groups attached to an aromatic ring is 1. The lowest BCUT2D eigenvalue weighted by molar-refractivity contribution is 0.337. The van der Waals surface area contributed by atoms with Crippen molar-refractivity contribution in [3.63, 3.8) is 0 Å². The third kappa shape index (κ3) is 5.71. The molecule has 5 nitrogen and oxygen atoms in total.